The van der Waals surface area contributed by atoms with Gasteiger partial charge in [-0.1, -0.05) is 33.8 Å². The largest absolute Gasteiger partial charge is 0.450 e. The first-order chi connectivity index (χ1) is 14.9. The molecular weight excluding hydrogens is 398 g/mol. The molecule has 0 heterocycles. The van der Waals surface area contributed by atoms with Crippen LogP contribution in [-0.2, 0) is 9.53 Å². The van der Waals surface area contributed by atoms with E-state index in [4.69, 9.17) is 4.74 Å². The van der Waals surface area contributed by atoms with Crippen LogP contribution in [0.15, 0.2) is 11.6 Å². The van der Waals surface area contributed by atoms with Crippen molar-refractivity contribution in [2.24, 2.45) is 38.9 Å². The number of fused-ring (bicyclic) bond motifs is 2. The lowest BCUT2D eigenvalue weighted by Crippen LogP contribution is -2.59. The van der Waals surface area contributed by atoms with E-state index in [0.29, 0.717) is 35.1 Å². The molecular formula is C28H43NO3. The Morgan fingerprint density at radius 1 is 1.06 bits per heavy atom. The lowest BCUT2D eigenvalue weighted by molar-refractivity contribution is -0.136. The molecule has 0 aliphatic heterocycles. The lowest BCUT2D eigenvalue weighted by atomic mass is 9.42. The van der Waals surface area contributed by atoms with Crippen molar-refractivity contribution in [3.05, 3.63) is 11.6 Å². The zero-order chi connectivity index (χ0) is 23.3. The number of rotatable bonds is 2. The smallest absolute Gasteiger partial charge is 0.409 e. The van der Waals surface area contributed by atoms with Gasteiger partial charge in [0.15, 0.2) is 5.78 Å². The lowest BCUT2D eigenvalue weighted by Gasteiger charge is -2.63. The maximum Gasteiger partial charge on any atom is 0.409 e. The van der Waals surface area contributed by atoms with Crippen LogP contribution in [0.3, 0.4) is 0 Å². The molecule has 32 heavy (non-hydrogen) atoms. The molecule has 0 aromatic carbocycles. The molecule has 5 aliphatic carbocycles. The van der Waals surface area contributed by atoms with Crippen LogP contribution in [0.25, 0.3) is 0 Å². The summed E-state index contributed by atoms with van der Waals surface area (Å²) < 4.78 is 5.36. The van der Waals surface area contributed by atoms with Gasteiger partial charge in [0.2, 0.25) is 0 Å². The summed E-state index contributed by atoms with van der Waals surface area (Å²) in [7, 11) is 1.94. The Kier molecular flexibility index (Phi) is 4.66. The summed E-state index contributed by atoms with van der Waals surface area (Å²) in [4.78, 5) is 27.5. The molecule has 0 aromatic rings. The molecule has 2 spiro atoms. The standard InChI is InChI=1S/C28H43NO3/c1-8-18-19(30)16-26(6)21-11-10-20-24(3,4)22(29(7)23(31)32-9-2)12-13-27(20)17-28(21,27)15-14-25(18,26)5/h8,20-22H,9-17H2,1-7H3/b18-8-/t20-,21-,22-,25+,26-,27+,28-/m0/s1. The highest BCUT2D eigenvalue weighted by Gasteiger charge is 2.82. The molecule has 5 rings (SSSR count). The first-order valence-corrected chi connectivity index (χ1v) is 13.0. The van der Waals surface area contributed by atoms with Crippen LogP contribution in [0.4, 0.5) is 4.79 Å². The molecule has 0 unspecified atom stereocenters. The molecule has 0 radical (unpaired) electrons. The maximum absolute atomic E-state index is 13.1. The zero-order valence-electron chi connectivity index (χ0n) is 21.3. The van der Waals surface area contributed by atoms with E-state index in [2.05, 4.69) is 40.7 Å². The van der Waals surface area contributed by atoms with Crippen molar-refractivity contribution in [3.8, 4) is 0 Å². The Morgan fingerprint density at radius 3 is 2.38 bits per heavy atom. The Bertz CT molecular complexity index is 891. The normalized spacial score (nSPS) is 49.5. The molecule has 0 aromatic heterocycles. The fraction of sp³-hybridized carbons (Fsp3) is 0.857. The first-order valence-electron chi connectivity index (χ1n) is 13.0. The number of carbonyl (C=O) groups excluding carboxylic acids is 2. The second-order valence-corrected chi connectivity index (χ2v) is 12.9. The Labute approximate surface area is 194 Å². The minimum atomic E-state index is -0.176. The number of hydrogen-bond acceptors (Lipinski definition) is 3. The zero-order valence-corrected chi connectivity index (χ0v) is 21.3. The third-order valence-electron chi connectivity index (χ3n) is 12.0. The summed E-state index contributed by atoms with van der Waals surface area (Å²) in [5.41, 5.74) is 2.17. The van der Waals surface area contributed by atoms with Crippen LogP contribution in [0, 0.1) is 38.9 Å². The number of amides is 1. The minimum Gasteiger partial charge on any atom is -0.450 e. The van der Waals surface area contributed by atoms with E-state index in [1.807, 2.05) is 18.9 Å². The van der Waals surface area contributed by atoms with Crippen LogP contribution in [0.1, 0.15) is 92.9 Å². The van der Waals surface area contributed by atoms with Crippen LogP contribution in [0.2, 0.25) is 0 Å². The average Bonchev–Trinajstić information content (AvgIpc) is 3.33. The fourth-order valence-corrected chi connectivity index (χ4v) is 10.5. The summed E-state index contributed by atoms with van der Waals surface area (Å²) in [6.45, 7) is 14.1. The van der Waals surface area contributed by atoms with E-state index in [0.717, 1.165) is 24.8 Å². The van der Waals surface area contributed by atoms with Gasteiger partial charge in [-0.25, -0.2) is 4.79 Å². The number of ketones is 1. The molecule has 5 aliphatic rings. The minimum absolute atomic E-state index is 0.0439. The van der Waals surface area contributed by atoms with Crippen molar-refractivity contribution in [3.63, 3.8) is 0 Å². The second kappa shape index (κ2) is 6.63. The van der Waals surface area contributed by atoms with Gasteiger partial charge >= 0.3 is 6.09 Å². The molecule has 4 nitrogen and oxygen atoms in total. The fourth-order valence-electron chi connectivity index (χ4n) is 10.5. The van der Waals surface area contributed by atoms with Crippen molar-refractivity contribution in [1.82, 2.24) is 4.90 Å². The summed E-state index contributed by atoms with van der Waals surface area (Å²) in [5.74, 6) is 1.71. The van der Waals surface area contributed by atoms with Crippen molar-refractivity contribution in [2.45, 2.75) is 99.0 Å². The summed E-state index contributed by atoms with van der Waals surface area (Å²) in [5, 5.41) is 0. The Hall–Kier alpha value is -1.32. The van der Waals surface area contributed by atoms with Gasteiger partial charge < -0.3 is 9.64 Å². The predicted octanol–water partition coefficient (Wildman–Crippen LogP) is 6.39. The van der Waals surface area contributed by atoms with Gasteiger partial charge in [-0.15, -0.1) is 0 Å². The average molecular weight is 442 g/mol. The Balaban J connectivity index is 1.47. The number of hydrogen-bond donors (Lipinski definition) is 0. The number of Topliss-reactive ketones (excluding diaryl/α,β-unsaturated/α-hetero) is 1. The van der Waals surface area contributed by atoms with Gasteiger partial charge in [0.25, 0.3) is 0 Å². The van der Waals surface area contributed by atoms with Gasteiger partial charge in [-0.3, -0.25) is 4.79 Å². The second-order valence-electron chi connectivity index (χ2n) is 12.9. The number of carbonyl (C=O) groups is 2. The van der Waals surface area contributed by atoms with E-state index < -0.39 is 0 Å². The van der Waals surface area contributed by atoms with Crippen molar-refractivity contribution in [1.29, 1.82) is 0 Å². The molecule has 5 fully saturated rings. The van der Waals surface area contributed by atoms with E-state index in [9.17, 15) is 9.59 Å². The monoisotopic (exact) mass is 441 g/mol. The molecule has 0 saturated heterocycles. The summed E-state index contributed by atoms with van der Waals surface area (Å²) in [6.07, 6.45) is 11.2. The molecule has 7 atom stereocenters. The van der Waals surface area contributed by atoms with Gasteiger partial charge in [0, 0.05) is 24.9 Å². The van der Waals surface area contributed by atoms with Crippen LogP contribution in [0.5, 0.6) is 0 Å². The SMILES string of the molecule is C/C=C1/C(=O)C[C@@]2(C)[C@@H]3CC[C@H]4C(C)(C)[C@@H](N(C)C(=O)OCC)CC[C@@]45C[C@@]35CC[C@]12C. The van der Waals surface area contributed by atoms with Gasteiger partial charge in [-0.2, -0.15) is 0 Å². The maximum atomic E-state index is 13.1. The summed E-state index contributed by atoms with van der Waals surface area (Å²) >= 11 is 0. The highest BCUT2D eigenvalue weighted by Crippen LogP contribution is 2.88. The van der Waals surface area contributed by atoms with Crippen LogP contribution < -0.4 is 0 Å². The molecule has 1 amide bonds. The van der Waals surface area contributed by atoms with Crippen molar-refractivity contribution < 1.29 is 14.3 Å². The third kappa shape index (κ3) is 2.35. The Morgan fingerprint density at radius 2 is 1.72 bits per heavy atom. The molecule has 0 N–H and O–H groups in total. The van der Waals surface area contributed by atoms with E-state index in [-0.39, 0.29) is 28.4 Å². The molecule has 4 heteroatoms. The van der Waals surface area contributed by atoms with Gasteiger partial charge in [-0.05, 0) is 97.9 Å². The van der Waals surface area contributed by atoms with Gasteiger partial charge in [0.1, 0.15) is 0 Å². The topological polar surface area (TPSA) is 46.6 Å². The molecule has 178 valence electrons. The van der Waals surface area contributed by atoms with Crippen LogP contribution >= 0.6 is 0 Å². The predicted molar refractivity (Wildman–Crippen MR) is 126 cm³/mol. The number of nitrogens with zero attached hydrogens (tertiary/aromatic N) is 1. The highest BCUT2D eigenvalue weighted by molar-refractivity contribution is 6.00. The molecule has 5 saturated carbocycles. The highest BCUT2D eigenvalue weighted by atomic mass is 16.6. The quantitative estimate of drug-likeness (QED) is 0.466. The van der Waals surface area contributed by atoms with Crippen molar-refractivity contribution in [2.75, 3.05) is 13.7 Å². The van der Waals surface area contributed by atoms with E-state index >= 15 is 0 Å². The summed E-state index contributed by atoms with van der Waals surface area (Å²) in [6, 6.07) is 0.235. The van der Waals surface area contributed by atoms with Gasteiger partial charge in [0.05, 0.1) is 6.61 Å². The number of allylic oxidation sites excluding steroid dienone is 2. The third-order valence-corrected chi connectivity index (χ3v) is 12.0. The number of ether oxygens (including phenoxy) is 1. The first kappa shape index (κ1) is 22.5. The van der Waals surface area contributed by atoms with Crippen LogP contribution in [-0.4, -0.2) is 36.5 Å². The van der Waals surface area contributed by atoms with Crippen molar-refractivity contribution >= 4 is 11.9 Å². The van der Waals surface area contributed by atoms with E-state index in [1.165, 1.54) is 32.1 Å². The molecule has 0 bridgehead atoms. The van der Waals surface area contributed by atoms with E-state index in [1.54, 1.807) is 0 Å².